The Balaban J connectivity index is 1.58. The van der Waals surface area contributed by atoms with Crippen LogP contribution in [-0.2, 0) is 16.2 Å². The van der Waals surface area contributed by atoms with E-state index in [-0.39, 0.29) is 11.3 Å². The van der Waals surface area contributed by atoms with Gasteiger partial charge in [-0.25, -0.2) is 4.98 Å². The zero-order valence-corrected chi connectivity index (χ0v) is 25.8. The van der Waals surface area contributed by atoms with Gasteiger partial charge in [-0.3, -0.25) is 14.0 Å². The number of aliphatic hydroxyl groups is 1. The topological polar surface area (TPSA) is 96.6 Å². The molecule has 9 nitrogen and oxygen atoms in total. The molecule has 0 spiro atoms. The fourth-order valence-corrected chi connectivity index (χ4v) is 5.81. The number of aromatic nitrogens is 2. The van der Waals surface area contributed by atoms with Crippen molar-refractivity contribution in [2.75, 3.05) is 32.8 Å². The quantitative estimate of drug-likeness (QED) is 0.119. The van der Waals surface area contributed by atoms with Crippen LogP contribution in [0.3, 0.4) is 0 Å². The molecule has 1 atom stereocenters. The second-order valence-electron chi connectivity index (χ2n) is 10.8. The third kappa shape index (κ3) is 6.19. The fourth-order valence-electron chi connectivity index (χ4n) is 5.81. The predicted molar refractivity (Wildman–Crippen MR) is 170 cm³/mol. The smallest absolute Gasteiger partial charge is 0.295 e. The van der Waals surface area contributed by atoms with Crippen molar-refractivity contribution in [1.82, 2.24) is 19.2 Å². The van der Waals surface area contributed by atoms with Crippen molar-refractivity contribution in [3.63, 3.8) is 0 Å². The summed E-state index contributed by atoms with van der Waals surface area (Å²) < 4.78 is 13.9. The molecule has 1 aliphatic heterocycles. The van der Waals surface area contributed by atoms with Crippen molar-refractivity contribution in [3.05, 3.63) is 101 Å². The van der Waals surface area contributed by atoms with Gasteiger partial charge in [-0.15, -0.1) is 0 Å². The number of Topliss-reactive ketones (excluding diaryl/α,β-unsaturated/α-hetero) is 1. The number of pyridine rings is 1. The molecule has 2 aromatic carbocycles. The molecule has 5 rings (SSSR count). The van der Waals surface area contributed by atoms with Crippen LogP contribution in [0, 0.1) is 6.92 Å². The van der Waals surface area contributed by atoms with Gasteiger partial charge >= 0.3 is 0 Å². The highest BCUT2D eigenvalue weighted by molar-refractivity contribution is 6.46. The molecule has 1 fully saturated rings. The van der Waals surface area contributed by atoms with Crippen LogP contribution in [0.1, 0.15) is 55.7 Å². The minimum Gasteiger partial charge on any atom is -0.505 e. The number of hydrogen-bond acceptors (Lipinski definition) is 7. The van der Waals surface area contributed by atoms with E-state index in [0.717, 1.165) is 25.2 Å². The van der Waals surface area contributed by atoms with Crippen molar-refractivity contribution < 1.29 is 24.2 Å². The average molecular weight is 597 g/mol. The second kappa shape index (κ2) is 13.8. The third-order valence-corrected chi connectivity index (χ3v) is 8.06. The molecule has 230 valence electrons. The lowest BCUT2D eigenvalue weighted by Crippen LogP contribution is -2.33. The number of likely N-dealkylation sites (tertiary alicyclic amines) is 1. The average Bonchev–Trinajstić information content (AvgIpc) is 3.51. The number of carbonyl (C=O) groups is 2. The lowest BCUT2D eigenvalue weighted by atomic mass is 9.95. The maximum atomic E-state index is 13.7. The molecule has 2 aromatic heterocycles. The van der Waals surface area contributed by atoms with Gasteiger partial charge in [0.15, 0.2) is 17.3 Å². The van der Waals surface area contributed by atoms with E-state index in [0.29, 0.717) is 60.3 Å². The third-order valence-electron chi connectivity index (χ3n) is 8.06. The summed E-state index contributed by atoms with van der Waals surface area (Å²) in [6.45, 7) is 11.6. The largest absolute Gasteiger partial charge is 0.505 e. The van der Waals surface area contributed by atoms with Crippen LogP contribution in [-0.4, -0.2) is 68.8 Å². The van der Waals surface area contributed by atoms with Crippen LogP contribution in [0.25, 0.3) is 11.4 Å². The maximum absolute atomic E-state index is 13.7. The Morgan fingerprint density at radius 2 is 1.70 bits per heavy atom. The highest BCUT2D eigenvalue weighted by atomic mass is 16.5. The highest BCUT2D eigenvalue weighted by Crippen LogP contribution is 2.42. The lowest BCUT2D eigenvalue weighted by Gasteiger charge is -2.27. The second-order valence-corrected chi connectivity index (χ2v) is 10.8. The van der Waals surface area contributed by atoms with Crippen LogP contribution >= 0.6 is 0 Å². The van der Waals surface area contributed by atoms with E-state index >= 15 is 0 Å². The zero-order valence-electron chi connectivity index (χ0n) is 25.8. The van der Waals surface area contributed by atoms with Gasteiger partial charge in [0.25, 0.3) is 11.7 Å². The van der Waals surface area contributed by atoms with Crippen molar-refractivity contribution in [2.24, 2.45) is 0 Å². The van der Waals surface area contributed by atoms with Gasteiger partial charge < -0.3 is 24.4 Å². The zero-order chi connectivity index (χ0) is 31.2. The molecule has 0 radical (unpaired) electrons. The van der Waals surface area contributed by atoms with E-state index in [1.54, 1.807) is 28.5 Å². The minimum absolute atomic E-state index is 0.0343. The summed E-state index contributed by atoms with van der Waals surface area (Å²) in [6, 6.07) is 20.0. The number of ketones is 1. The SMILES string of the molecule is CCOc1cc(C2C(=C(O)c3c(C)nc4ccccn34)C(=O)C(=O)N2CCCN(CC)CC)ccc1OCc1ccccc1. The molecule has 44 heavy (non-hydrogen) atoms. The van der Waals surface area contributed by atoms with Gasteiger partial charge in [0, 0.05) is 12.7 Å². The number of benzene rings is 2. The molecule has 1 aliphatic rings. The van der Waals surface area contributed by atoms with Crippen molar-refractivity contribution >= 4 is 23.1 Å². The summed E-state index contributed by atoms with van der Waals surface area (Å²) >= 11 is 0. The van der Waals surface area contributed by atoms with Gasteiger partial charge in [0.05, 0.1) is 23.9 Å². The van der Waals surface area contributed by atoms with E-state index in [2.05, 4.69) is 23.7 Å². The first-order chi connectivity index (χ1) is 21.4. The number of imidazole rings is 1. The Labute approximate surface area is 258 Å². The van der Waals surface area contributed by atoms with Crippen LogP contribution in [0.4, 0.5) is 0 Å². The molecule has 0 aliphatic carbocycles. The molecular formula is C35H40N4O5. The molecule has 4 aromatic rings. The summed E-state index contributed by atoms with van der Waals surface area (Å²) in [5.41, 5.74) is 3.28. The van der Waals surface area contributed by atoms with Gasteiger partial charge in [-0.2, -0.15) is 0 Å². The van der Waals surface area contributed by atoms with Crippen LogP contribution in [0.15, 0.2) is 78.5 Å². The number of nitrogens with zero attached hydrogens (tertiary/aromatic N) is 4. The number of ether oxygens (including phenoxy) is 2. The van der Waals surface area contributed by atoms with Gasteiger partial charge in [-0.05, 0) is 75.3 Å². The molecular weight excluding hydrogens is 556 g/mol. The number of amides is 1. The Morgan fingerprint density at radius 3 is 2.43 bits per heavy atom. The van der Waals surface area contributed by atoms with Crippen LogP contribution in [0.5, 0.6) is 11.5 Å². The summed E-state index contributed by atoms with van der Waals surface area (Å²) in [5, 5.41) is 11.8. The highest BCUT2D eigenvalue weighted by Gasteiger charge is 2.46. The Morgan fingerprint density at radius 1 is 0.955 bits per heavy atom. The molecule has 3 heterocycles. The van der Waals surface area contributed by atoms with Crippen LogP contribution in [0.2, 0.25) is 0 Å². The van der Waals surface area contributed by atoms with Crippen molar-refractivity contribution in [1.29, 1.82) is 0 Å². The molecule has 1 unspecified atom stereocenters. The van der Waals surface area contributed by atoms with Gasteiger partial charge in [0.1, 0.15) is 17.9 Å². The number of aryl methyl sites for hydroxylation is 1. The standard InChI is InChI=1S/C35H40N4O5/c1-5-37(6-2)19-13-21-39-32(26-17-18-27(28(22-26)43-7-3)44-23-25-14-9-8-10-15-25)30(34(41)35(39)42)33(40)31-24(4)36-29-16-11-12-20-38(29)31/h8-12,14-18,20,22,32,40H,5-7,13,19,21,23H2,1-4H3. The maximum Gasteiger partial charge on any atom is 0.295 e. The van der Waals surface area contributed by atoms with E-state index < -0.39 is 17.7 Å². The first-order valence-corrected chi connectivity index (χ1v) is 15.3. The molecule has 1 N–H and O–H groups in total. The summed E-state index contributed by atoms with van der Waals surface area (Å²) in [5.74, 6) is -0.553. The first kappa shape index (κ1) is 30.8. The number of fused-ring (bicyclic) bond motifs is 1. The van der Waals surface area contributed by atoms with Gasteiger partial charge in [-0.1, -0.05) is 56.3 Å². The van der Waals surface area contributed by atoms with Crippen molar-refractivity contribution in [2.45, 2.75) is 46.8 Å². The Kier molecular flexibility index (Phi) is 9.65. The minimum atomic E-state index is -0.817. The molecule has 0 saturated carbocycles. The van der Waals surface area contributed by atoms with E-state index in [9.17, 15) is 14.7 Å². The molecule has 1 saturated heterocycles. The summed E-state index contributed by atoms with van der Waals surface area (Å²) in [4.78, 5) is 35.8. The Bertz CT molecular complexity index is 1660. The molecule has 0 bridgehead atoms. The van der Waals surface area contributed by atoms with E-state index in [4.69, 9.17) is 9.47 Å². The first-order valence-electron chi connectivity index (χ1n) is 15.3. The lowest BCUT2D eigenvalue weighted by molar-refractivity contribution is -0.140. The van der Waals surface area contributed by atoms with Crippen LogP contribution < -0.4 is 9.47 Å². The summed E-state index contributed by atoms with van der Waals surface area (Å²) in [7, 11) is 0. The van der Waals surface area contributed by atoms with Gasteiger partial charge in [0.2, 0.25) is 0 Å². The normalized spacial score (nSPS) is 16.3. The number of aliphatic hydroxyl groups excluding tert-OH is 1. The molecule has 9 heteroatoms. The predicted octanol–water partition coefficient (Wildman–Crippen LogP) is 5.77. The van der Waals surface area contributed by atoms with E-state index in [1.807, 2.05) is 67.6 Å². The monoisotopic (exact) mass is 596 g/mol. The number of rotatable bonds is 13. The van der Waals surface area contributed by atoms with E-state index in [1.165, 1.54) is 0 Å². The number of carbonyl (C=O) groups excluding carboxylic acids is 2. The number of hydrogen-bond donors (Lipinski definition) is 1. The molecule has 1 amide bonds. The van der Waals surface area contributed by atoms with Crippen molar-refractivity contribution in [3.8, 4) is 11.5 Å². The summed E-state index contributed by atoms with van der Waals surface area (Å²) in [6.07, 6.45) is 2.46. The Hall–Kier alpha value is -4.63. The fraction of sp³-hybridized carbons (Fsp3) is 0.343.